The van der Waals surface area contributed by atoms with E-state index >= 15 is 0 Å². The molecule has 0 saturated heterocycles. The lowest BCUT2D eigenvalue weighted by atomic mass is 9.92. The molecule has 1 rings (SSSR count). The zero-order valence-electron chi connectivity index (χ0n) is 11.9. The maximum absolute atomic E-state index is 11.7. The molecule has 19 heavy (non-hydrogen) atoms. The molecular formula is C14H26N2O3. The molecule has 5 heteroatoms. The van der Waals surface area contributed by atoms with E-state index in [4.69, 9.17) is 0 Å². The van der Waals surface area contributed by atoms with Crippen molar-refractivity contribution in [2.45, 2.75) is 77.0 Å². The predicted molar refractivity (Wildman–Crippen MR) is 73.5 cm³/mol. The summed E-state index contributed by atoms with van der Waals surface area (Å²) in [7, 11) is 0. The van der Waals surface area contributed by atoms with Crippen LogP contribution in [0.3, 0.4) is 0 Å². The average Bonchev–Trinajstić information content (AvgIpc) is 2.31. The molecule has 0 aliphatic heterocycles. The van der Waals surface area contributed by atoms with E-state index in [0.717, 1.165) is 25.7 Å². The molecule has 2 atom stereocenters. The predicted octanol–water partition coefficient (Wildman–Crippen LogP) is 1.10. The molecule has 0 aromatic heterocycles. The number of aliphatic hydroxyl groups is 1. The summed E-state index contributed by atoms with van der Waals surface area (Å²) < 4.78 is 0. The van der Waals surface area contributed by atoms with Crippen LogP contribution in [0.1, 0.15) is 58.8 Å². The van der Waals surface area contributed by atoms with Crippen molar-refractivity contribution in [3.63, 3.8) is 0 Å². The van der Waals surface area contributed by atoms with Gasteiger partial charge in [-0.1, -0.05) is 12.8 Å². The van der Waals surface area contributed by atoms with Gasteiger partial charge in [-0.25, -0.2) is 0 Å². The van der Waals surface area contributed by atoms with Crippen LogP contribution in [-0.2, 0) is 9.59 Å². The summed E-state index contributed by atoms with van der Waals surface area (Å²) >= 11 is 0. The minimum atomic E-state index is -0.415. The highest BCUT2D eigenvalue weighted by Crippen LogP contribution is 2.18. The van der Waals surface area contributed by atoms with Gasteiger partial charge in [-0.05, 0) is 33.1 Å². The zero-order valence-corrected chi connectivity index (χ0v) is 11.9. The summed E-state index contributed by atoms with van der Waals surface area (Å²) in [6.07, 6.45) is 4.55. The first-order valence-corrected chi connectivity index (χ1v) is 7.26. The summed E-state index contributed by atoms with van der Waals surface area (Å²) in [4.78, 5) is 23.1. The van der Waals surface area contributed by atoms with Gasteiger partial charge >= 0.3 is 0 Å². The second-order valence-electron chi connectivity index (χ2n) is 5.60. The van der Waals surface area contributed by atoms with E-state index in [1.54, 1.807) is 0 Å². The van der Waals surface area contributed by atoms with Gasteiger partial charge in [0.15, 0.2) is 0 Å². The largest absolute Gasteiger partial charge is 0.391 e. The fourth-order valence-electron chi connectivity index (χ4n) is 2.36. The van der Waals surface area contributed by atoms with Gasteiger partial charge in [0.05, 0.1) is 12.1 Å². The highest BCUT2D eigenvalue weighted by Gasteiger charge is 2.24. The Labute approximate surface area is 115 Å². The maximum Gasteiger partial charge on any atom is 0.220 e. The Hall–Kier alpha value is -1.10. The first-order chi connectivity index (χ1) is 8.99. The molecule has 0 aromatic carbocycles. The molecule has 2 amide bonds. The number of nitrogens with one attached hydrogen (secondary N) is 2. The van der Waals surface area contributed by atoms with Crippen LogP contribution in [0.4, 0.5) is 0 Å². The van der Waals surface area contributed by atoms with E-state index in [9.17, 15) is 14.7 Å². The van der Waals surface area contributed by atoms with E-state index in [-0.39, 0.29) is 23.9 Å². The lowest BCUT2D eigenvalue weighted by molar-refractivity contribution is -0.123. The van der Waals surface area contributed by atoms with Gasteiger partial charge in [-0.15, -0.1) is 0 Å². The molecule has 2 unspecified atom stereocenters. The van der Waals surface area contributed by atoms with Gasteiger partial charge < -0.3 is 15.7 Å². The Morgan fingerprint density at radius 1 is 1.16 bits per heavy atom. The van der Waals surface area contributed by atoms with Crippen LogP contribution in [0.15, 0.2) is 0 Å². The minimum Gasteiger partial charge on any atom is -0.391 e. The molecule has 0 radical (unpaired) electrons. The second-order valence-corrected chi connectivity index (χ2v) is 5.60. The Morgan fingerprint density at radius 3 is 2.42 bits per heavy atom. The van der Waals surface area contributed by atoms with Crippen molar-refractivity contribution >= 4 is 11.8 Å². The topological polar surface area (TPSA) is 78.4 Å². The molecular weight excluding hydrogens is 244 g/mol. The van der Waals surface area contributed by atoms with Gasteiger partial charge in [0, 0.05) is 18.9 Å². The molecule has 1 aliphatic carbocycles. The fourth-order valence-corrected chi connectivity index (χ4v) is 2.36. The standard InChI is InChI=1S/C14H26N2O3/c1-10(2)15-13(18)8-5-9-14(19)16-11-6-3-4-7-12(11)17/h10-12,17H,3-9H2,1-2H3,(H,15,18)(H,16,19). The summed E-state index contributed by atoms with van der Waals surface area (Å²) in [6.45, 7) is 3.82. The van der Waals surface area contributed by atoms with Crippen molar-refractivity contribution in [3.05, 3.63) is 0 Å². The zero-order chi connectivity index (χ0) is 14.3. The van der Waals surface area contributed by atoms with E-state index < -0.39 is 6.10 Å². The van der Waals surface area contributed by atoms with E-state index in [1.807, 2.05) is 13.8 Å². The molecule has 1 saturated carbocycles. The molecule has 0 aromatic rings. The van der Waals surface area contributed by atoms with Gasteiger partial charge in [0.1, 0.15) is 0 Å². The molecule has 1 fully saturated rings. The van der Waals surface area contributed by atoms with Crippen molar-refractivity contribution in [1.29, 1.82) is 0 Å². The van der Waals surface area contributed by atoms with Crippen LogP contribution in [0.25, 0.3) is 0 Å². The monoisotopic (exact) mass is 270 g/mol. The Kier molecular flexibility index (Phi) is 6.84. The maximum atomic E-state index is 11.7. The molecule has 3 N–H and O–H groups in total. The van der Waals surface area contributed by atoms with E-state index in [2.05, 4.69) is 10.6 Å². The first-order valence-electron chi connectivity index (χ1n) is 7.26. The number of amides is 2. The summed E-state index contributed by atoms with van der Waals surface area (Å²) in [5.41, 5.74) is 0. The highest BCUT2D eigenvalue weighted by atomic mass is 16.3. The summed E-state index contributed by atoms with van der Waals surface area (Å²) in [6, 6.07) is 0.0319. The third-order valence-corrected chi connectivity index (χ3v) is 3.33. The normalized spacial score (nSPS) is 23.2. The van der Waals surface area contributed by atoms with Crippen molar-refractivity contribution in [1.82, 2.24) is 10.6 Å². The van der Waals surface area contributed by atoms with Crippen molar-refractivity contribution in [2.75, 3.05) is 0 Å². The Morgan fingerprint density at radius 2 is 1.79 bits per heavy atom. The van der Waals surface area contributed by atoms with Crippen LogP contribution in [0.5, 0.6) is 0 Å². The minimum absolute atomic E-state index is 0.0134. The number of carbonyl (C=O) groups excluding carboxylic acids is 2. The van der Waals surface area contributed by atoms with Crippen molar-refractivity contribution < 1.29 is 14.7 Å². The lowest BCUT2D eigenvalue weighted by Crippen LogP contribution is -2.45. The highest BCUT2D eigenvalue weighted by molar-refractivity contribution is 5.79. The van der Waals surface area contributed by atoms with Crippen molar-refractivity contribution in [2.24, 2.45) is 0 Å². The van der Waals surface area contributed by atoms with Crippen LogP contribution in [0, 0.1) is 0 Å². The number of carbonyl (C=O) groups is 2. The lowest BCUT2D eigenvalue weighted by Gasteiger charge is -2.28. The van der Waals surface area contributed by atoms with Gasteiger partial charge in [0.2, 0.25) is 11.8 Å². The molecule has 0 heterocycles. The third-order valence-electron chi connectivity index (χ3n) is 3.33. The van der Waals surface area contributed by atoms with Gasteiger partial charge in [-0.3, -0.25) is 9.59 Å². The number of aliphatic hydroxyl groups excluding tert-OH is 1. The number of hydrogen-bond donors (Lipinski definition) is 3. The smallest absolute Gasteiger partial charge is 0.220 e. The molecule has 1 aliphatic rings. The van der Waals surface area contributed by atoms with Crippen LogP contribution in [0.2, 0.25) is 0 Å². The fraction of sp³-hybridized carbons (Fsp3) is 0.857. The third kappa shape index (κ3) is 6.57. The Bertz CT molecular complexity index is 305. The number of hydrogen-bond acceptors (Lipinski definition) is 3. The molecule has 110 valence electrons. The van der Waals surface area contributed by atoms with E-state index in [1.165, 1.54) is 0 Å². The average molecular weight is 270 g/mol. The molecule has 0 spiro atoms. The SMILES string of the molecule is CC(C)NC(=O)CCCC(=O)NC1CCCCC1O. The molecule has 0 bridgehead atoms. The van der Waals surface area contributed by atoms with Crippen LogP contribution in [-0.4, -0.2) is 35.1 Å². The second kappa shape index (κ2) is 8.15. The van der Waals surface area contributed by atoms with Crippen molar-refractivity contribution in [3.8, 4) is 0 Å². The molecule has 5 nitrogen and oxygen atoms in total. The first kappa shape index (κ1) is 16.0. The van der Waals surface area contributed by atoms with E-state index in [0.29, 0.717) is 19.3 Å². The summed E-state index contributed by atoms with van der Waals surface area (Å²) in [5, 5.41) is 15.4. The van der Waals surface area contributed by atoms with Crippen LogP contribution >= 0.6 is 0 Å². The van der Waals surface area contributed by atoms with Gasteiger partial charge in [-0.2, -0.15) is 0 Å². The Balaban J connectivity index is 2.15. The number of rotatable bonds is 6. The van der Waals surface area contributed by atoms with Crippen LogP contribution < -0.4 is 10.6 Å². The quantitative estimate of drug-likeness (QED) is 0.676. The van der Waals surface area contributed by atoms with Gasteiger partial charge in [0.25, 0.3) is 0 Å². The summed E-state index contributed by atoms with van der Waals surface area (Å²) in [5.74, 6) is -0.0798.